The number of urea groups is 1. The number of anilines is 1. The van der Waals surface area contributed by atoms with Gasteiger partial charge >= 0.3 is 12.2 Å². The van der Waals surface area contributed by atoms with Gasteiger partial charge in [0.15, 0.2) is 0 Å². The summed E-state index contributed by atoms with van der Waals surface area (Å²) in [5, 5.41) is 16.8. The van der Waals surface area contributed by atoms with E-state index in [9.17, 15) is 27.2 Å². The number of carbonyl (C=O) groups is 2. The summed E-state index contributed by atoms with van der Waals surface area (Å²) in [6.45, 7) is 6.25. The zero-order valence-corrected chi connectivity index (χ0v) is 21.7. The van der Waals surface area contributed by atoms with Crippen LogP contribution in [0.4, 0.5) is 28.0 Å². The summed E-state index contributed by atoms with van der Waals surface area (Å²) >= 11 is 1.23. The van der Waals surface area contributed by atoms with Gasteiger partial charge in [-0.05, 0) is 48.9 Å². The first-order valence-electron chi connectivity index (χ1n) is 11.1. The zero-order valence-electron chi connectivity index (χ0n) is 20.8. The van der Waals surface area contributed by atoms with Crippen LogP contribution < -0.4 is 4.90 Å². The number of aldehydes is 1. The number of alkyl halides is 3. The molecule has 2 amide bonds. The summed E-state index contributed by atoms with van der Waals surface area (Å²) in [6.07, 6.45) is -3.32. The molecule has 0 fully saturated rings. The van der Waals surface area contributed by atoms with Crippen molar-refractivity contribution in [1.29, 1.82) is 5.26 Å². The van der Waals surface area contributed by atoms with Gasteiger partial charge in [0.2, 0.25) is 0 Å². The van der Waals surface area contributed by atoms with Crippen molar-refractivity contribution in [2.45, 2.75) is 44.3 Å². The molecule has 1 atom stereocenters. The molecule has 0 radical (unpaired) electrons. The van der Waals surface area contributed by atoms with E-state index < -0.39 is 35.2 Å². The molecule has 0 aromatic heterocycles. The molecule has 198 valence electrons. The van der Waals surface area contributed by atoms with E-state index in [1.54, 1.807) is 0 Å². The zero-order chi connectivity index (χ0) is 27.9. The summed E-state index contributed by atoms with van der Waals surface area (Å²) in [6, 6.07) is 8.44. The van der Waals surface area contributed by atoms with Gasteiger partial charge in [-0.25, -0.2) is 9.18 Å². The maximum absolute atomic E-state index is 13.2. The number of aliphatic hydroxyl groups excluding tert-OH is 1. The number of rotatable bonds is 7. The average molecular weight is 530 g/mol. The van der Waals surface area contributed by atoms with E-state index in [1.807, 2.05) is 20.8 Å². The predicted molar refractivity (Wildman–Crippen MR) is 133 cm³/mol. The van der Waals surface area contributed by atoms with E-state index in [-0.39, 0.29) is 11.4 Å². The number of halogens is 4. The number of nitrogens with zero attached hydrogens (tertiary/aromatic N) is 3. The number of amides is 2. The molecule has 11 heteroatoms. The summed E-state index contributed by atoms with van der Waals surface area (Å²) in [4.78, 5) is 27.0. The molecule has 0 saturated carbocycles. The first kappa shape index (κ1) is 32.9. The van der Waals surface area contributed by atoms with Crippen LogP contribution in [-0.2, 0) is 11.0 Å². The number of likely N-dealkylation sites (N-methyl/N-ethyl adjacent to an activating group) is 1. The second-order valence-electron chi connectivity index (χ2n) is 6.98. The van der Waals surface area contributed by atoms with Gasteiger partial charge < -0.3 is 14.8 Å². The Morgan fingerprint density at radius 3 is 2.17 bits per heavy atom. The first-order chi connectivity index (χ1) is 17.0. The highest BCUT2D eigenvalue weighted by atomic mass is 32.2. The second-order valence-corrected chi connectivity index (χ2v) is 8.08. The monoisotopic (exact) mass is 529 g/mol. The van der Waals surface area contributed by atoms with Crippen molar-refractivity contribution < 1.29 is 32.3 Å². The third kappa shape index (κ3) is 10.3. The topological polar surface area (TPSA) is 84.6 Å². The quantitative estimate of drug-likeness (QED) is 0.271. The fourth-order valence-corrected chi connectivity index (χ4v) is 3.51. The molecular weight excluding hydrogens is 498 g/mol. The Morgan fingerprint density at radius 1 is 1.17 bits per heavy atom. The van der Waals surface area contributed by atoms with Crippen LogP contribution in [0.2, 0.25) is 0 Å². The fourth-order valence-electron chi connectivity index (χ4n) is 2.52. The minimum absolute atomic E-state index is 0.0750. The molecule has 0 aliphatic heterocycles. The minimum Gasteiger partial charge on any atom is -0.396 e. The van der Waals surface area contributed by atoms with Crippen molar-refractivity contribution in [3.63, 3.8) is 0 Å². The molecule has 2 aromatic rings. The number of hydrogen-bond acceptors (Lipinski definition) is 5. The Hall–Kier alpha value is -3.10. The van der Waals surface area contributed by atoms with Crippen LogP contribution >= 0.6 is 11.8 Å². The number of hydrogen-bond donors (Lipinski definition) is 1. The third-order valence-corrected chi connectivity index (χ3v) is 5.63. The Morgan fingerprint density at radius 2 is 1.72 bits per heavy atom. The minimum atomic E-state index is -4.76. The van der Waals surface area contributed by atoms with Crippen molar-refractivity contribution in [1.82, 2.24) is 4.90 Å². The molecule has 1 unspecified atom stereocenters. The molecule has 0 heterocycles. The Bertz CT molecular complexity index is 994. The Kier molecular flexibility index (Phi) is 15.1. The van der Waals surface area contributed by atoms with Crippen LogP contribution in [0.15, 0.2) is 47.4 Å². The van der Waals surface area contributed by atoms with Gasteiger partial charge in [-0.1, -0.05) is 20.8 Å². The second kappa shape index (κ2) is 16.5. The average Bonchev–Trinajstić information content (AvgIpc) is 2.89. The summed E-state index contributed by atoms with van der Waals surface area (Å²) < 4.78 is 52.5. The van der Waals surface area contributed by atoms with Gasteiger partial charge in [-0.3, -0.25) is 4.90 Å². The van der Waals surface area contributed by atoms with Crippen LogP contribution in [0.3, 0.4) is 0 Å². The molecule has 6 nitrogen and oxygen atoms in total. The standard InChI is InChI=1S/C20H17F4N3O2S.C3H8O.C2H6/c1-26(15-6-3-13(10-25)18(9-15)20(22,23)24)19(29)27(2)16(11-28)12-30-17-7-4-14(21)5-8-17;1-2-3-4;1-2/h3-9,11,16H,12H2,1-2H3;4H,2-3H2,1H3;1-2H3. The summed E-state index contributed by atoms with van der Waals surface area (Å²) in [5.41, 5.74) is -1.78. The van der Waals surface area contributed by atoms with Gasteiger partial charge in [-0.15, -0.1) is 11.8 Å². The lowest BCUT2D eigenvalue weighted by atomic mass is 10.1. The van der Waals surface area contributed by atoms with Crippen LogP contribution in [-0.4, -0.2) is 54.8 Å². The van der Waals surface area contributed by atoms with Crippen LogP contribution in [0.25, 0.3) is 0 Å². The highest BCUT2D eigenvalue weighted by Gasteiger charge is 2.34. The van der Waals surface area contributed by atoms with E-state index in [0.717, 1.165) is 22.3 Å². The number of carbonyl (C=O) groups excluding carboxylic acids is 2. The largest absolute Gasteiger partial charge is 0.417 e. The van der Waals surface area contributed by atoms with Crippen LogP contribution in [0, 0.1) is 17.1 Å². The molecule has 36 heavy (non-hydrogen) atoms. The van der Waals surface area contributed by atoms with Crippen molar-refractivity contribution in [2.24, 2.45) is 0 Å². The van der Waals surface area contributed by atoms with E-state index in [0.29, 0.717) is 23.9 Å². The molecule has 0 saturated heterocycles. The molecule has 0 bridgehead atoms. The normalized spacial score (nSPS) is 11.0. The van der Waals surface area contributed by atoms with E-state index >= 15 is 0 Å². The van der Waals surface area contributed by atoms with E-state index in [1.165, 1.54) is 62.3 Å². The van der Waals surface area contributed by atoms with Crippen molar-refractivity contribution in [3.05, 3.63) is 59.4 Å². The lowest BCUT2D eigenvalue weighted by Gasteiger charge is -2.29. The summed E-state index contributed by atoms with van der Waals surface area (Å²) in [7, 11) is 2.63. The van der Waals surface area contributed by atoms with Crippen LogP contribution in [0.1, 0.15) is 38.3 Å². The molecular formula is C25H31F4N3O3S. The number of aliphatic hydroxyl groups is 1. The van der Waals surface area contributed by atoms with Crippen molar-refractivity contribution >= 4 is 29.8 Å². The van der Waals surface area contributed by atoms with Crippen LogP contribution in [0.5, 0.6) is 0 Å². The van der Waals surface area contributed by atoms with Gasteiger partial charge in [-0.2, -0.15) is 18.4 Å². The number of thioether (sulfide) groups is 1. The van der Waals surface area contributed by atoms with Gasteiger partial charge in [0.05, 0.1) is 23.2 Å². The third-order valence-electron chi connectivity index (χ3n) is 4.52. The SMILES string of the molecule is CC.CCCO.CN(C(=O)N(C)C(C=O)CSc1ccc(F)cc1)c1ccc(C#N)c(C(F)(F)F)c1. The van der Waals surface area contributed by atoms with Crippen molar-refractivity contribution in [2.75, 3.05) is 31.4 Å². The fraction of sp³-hybridized carbons (Fsp3) is 0.400. The molecule has 2 rings (SSSR count). The molecule has 0 aliphatic rings. The Labute approximate surface area is 213 Å². The molecule has 2 aromatic carbocycles. The van der Waals surface area contributed by atoms with Gasteiger partial charge in [0, 0.05) is 37.0 Å². The highest BCUT2D eigenvalue weighted by Crippen LogP contribution is 2.34. The Balaban J connectivity index is 0.00000185. The maximum atomic E-state index is 13.2. The summed E-state index contributed by atoms with van der Waals surface area (Å²) in [5.74, 6) is -0.229. The molecule has 0 spiro atoms. The number of benzene rings is 2. The molecule has 0 aliphatic carbocycles. The lowest BCUT2D eigenvalue weighted by Crippen LogP contribution is -2.46. The van der Waals surface area contributed by atoms with Gasteiger partial charge in [0.1, 0.15) is 12.1 Å². The predicted octanol–water partition coefficient (Wildman–Crippen LogP) is 5.98. The van der Waals surface area contributed by atoms with Crippen molar-refractivity contribution in [3.8, 4) is 6.07 Å². The maximum Gasteiger partial charge on any atom is 0.417 e. The highest BCUT2D eigenvalue weighted by molar-refractivity contribution is 7.99. The van der Waals surface area contributed by atoms with E-state index in [4.69, 9.17) is 10.4 Å². The van der Waals surface area contributed by atoms with E-state index in [2.05, 4.69) is 0 Å². The lowest BCUT2D eigenvalue weighted by molar-refractivity contribution is -0.137. The molecule has 1 N–H and O–H groups in total. The number of nitriles is 1. The smallest absolute Gasteiger partial charge is 0.396 e. The van der Waals surface area contributed by atoms with Gasteiger partial charge in [0.25, 0.3) is 0 Å². The first-order valence-corrected chi connectivity index (χ1v) is 12.0.